The van der Waals surface area contributed by atoms with Crippen LogP contribution in [0.5, 0.6) is 5.75 Å². The van der Waals surface area contributed by atoms with Crippen molar-refractivity contribution < 1.29 is 22.7 Å². The number of rotatable bonds is 7. The van der Waals surface area contributed by atoms with Gasteiger partial charge in [0.2, 0.25) is 0 Å². The summed E-state index contributed by atoms with van der Waals surface area (Å²) < 4.78 is 45.4. The van der Waals surface area contributed by atoms with Crippen molar-refractivity contribution in [3.63, 3.8) is 0 Å². The maximum Gasteiger partial charge on any atom is 0.417 e. The zero-order valence-electron chi connectivity index (χ0n) is 17.4. The van der Waals surface area contributed by atoms with Crippen LogP contribution < -0.4 is 10.1 Å². The van der Waals surface area contributed by atoms with Gasteiger partial charge in [-0.2, -0.15) is 18.3 Å². The summed E-state index contributed by atoms with van der Waals surface area (Å²) >= 11 is 0. The number of hydrogen-bond acceptors (Lipinski definition) is 4. The van der Waals surface area contributed by atoms with Crippen LogP contribution in [0.1, 0.15) is 46.9 Å². The topological polar surface area (TPSA) is 69.0 Å². The number of benzene rings is 1. The van der Waals surface area contributed by atoms with Crippen molar-refractivity contribution in [2.45, 2.75) is 32.9 Å². The maximum atomic E-state index is 12.8. The van der Waals surface area contributed by atoms with Crippen LogP contribution in [-0.2, 0) is 6.18 Å². The van der Waals surface area contributed by atoms with Gasteiger partial charge in [-0.25, -0.2) is 9.67 Å². The van der Waals surface area contributed by atoms with Gasteiger partial charge in [0.15, 0.2) is 5.82 Å². The van der Waals surface area contributed by atoms with Crippen molar-refractivity contribution in [1.29, 1.82) is 0 Å². The Morgan fingerprint density at radius 2 is 1.84 bits per heavy atom. The van der Waals surface area contributed by atoms with Gasteiger partial charge in [-0.3, -0.25) is 4.79 Å². The van der Waals surface area contributed by atoms with Crippen LogP contribution in [0.25, 0.3) is 5.82 Å². The predicted molar refractivity (Wildman–Crippen MR) is 109 cm³/mol. The number of alkyl halides is 3. The molecule has 0 spiro atoms. The monoisotopic (exact) mass is 432 g/mol. The number of ether oxygens (including phenoxy) is 1. The third-order valence-corrected chi connectivity index (χ3v) is 4.57. The second-order valence-electron chi connectivity index (χ2n) is 7.33. The van der Waals surface area contributed by atoms with Crippen LogP contribution >= 0.6 is 0 Å². The summed E-state index contributed by atoms with van der Waals surface area (Å²) in [6, 6.07) is 9.76. The van der Waals surface area contributed by atoms with Crippen LogP contribution in [0.4, 0.5) is 13.2 Å². The highest BCUT2D eigenvalue weighted by Gasteiger charge is 2.31. The number of hydrogen-bond donors (Lipinski definition) is 1. The van der Waals surface area contributed by atoms with E-state index in [9.17, 15) is 18.0 Å². The zero-order chi connectivity index (χ0) is 22.6. The van der Waals surface area contributed by atoms with Crippen LogP contribution in [0, 0.1) is 6.92 Å². The van der Waals surface area contributed by atoms with Gasteiger partial charge in [0, 0.05) is 6.20 Å². The second-order valence-corrected chi connectivity index (χ2v) is 7.33. The lowest BCUT2D eigenvalue weighted by Gasteiger charge is -2.13. The van der Waals surface area contributed by atoms with E-state index in [1.165, 1.54) is 16.9 Å². The maximum absolute atomic E-state index is 12.8. The third-order valence-electron chi connectivity index (χ3n) is 4.57. The third kappa shape index (κ3) is 5.42. The summed E-state index contributed by atoms with van der Waals surface area (Å²) in [6.45, 7) is 6.30. The van der Waals surface area contributed by atoms with E-state index in [1.807, 2.05) is 45.0 Å². The van der Waals surface area contributed by atoms with Gasteiger partial charge >= 0.3 is 6.18 Å². The van der Waals surface area contributed by atoms with E-state index >= 15 is 0 Å². The van der Waals surface area contributed by atoms with E-state index in [1.54, 1.807) is 0 Å². The molecule has 164 valence electrons. The van der Waals surface area contributed by atoms with Crippen LogP contribution in [0.15, 0.2) is 48.8 Å². The lowest BCUT2D eigenvalue weighted by Crippen LogP contribution is -2.29. The summed E-state index contributed by atoms with van der Waals surface area (Å²) in [7, 11) is 0. The fourth-order valence-corrected chi connectivity index (χ4v) is 3.01. The molecule has 0 unspecified atom stereocenters. The minimum Gasteiger partial charge on any atom is -0.492 e. The van der Waals surface area contributed by atoms with E-state index in [4.69, 9.17) is 4.74 Å². The Morgan fingerprint density at radius 3 is 2.42 bits per heavy atom. The summed E-state index contributed by atoms with van der Waals surface area (Å²) in [4.78, 5) is 16.5. The van der Waals surface area contributed by atoms with Gasteiger partial charge in [-0.05, 0) is 37.1 Å². The largest absolute Gasteiger partial charge is 0.492 e. The van der Waals surface area contributed by atoms with Gasteiger partial charge in [-0.15, -0.1) is 0 Å². The number of amides is 1. The first-order valence-corrected chi connectivity index (χ1v) is 9.76. The number of nitrogens with zero attached hydrogens (tertiary/aromatic N) is 3. The molecule has 3 aromatic rings. The lowest BCUT2D eigenvalue weighted by atomic mass is 10.1. The highest BCUT2D eigenvalue weighted by Crippen LogP contribution is 2.29. The molecule has 0 radical (unpaired) electrons. The van der Waals surface area contributed by atoms with Crippen molar-refractivity contribution in [2.75, 3.05) is 13.2 Å². The molecule has 0 bridgehead atoms. The average Bonchev–Trinajstić information content (AvgIpc) is 3.17. The van der Waals surface area contributed by atoms with E-state index in [0.29, 0.717) is 23.6 Å². The molecule has 9 heteroatoms. The van der Waals surface area contributed by atoms with Crippen molar-refractivity contribution >= 4 is 5.91 Å². The molecule has 0 aliphatic carbocycles. The SMILES string of the molecule is Cc1ccc(OCCNC(=O)c2cnn(-c3ccc(C(F)(F)F)cn3)c2C(C)C)cc1. The molecule has 1 aromatic carbocycles. The van der Waals surface area contributed by atoms with Crippen LogP contribution in [-0.4, -0.2) is 33.8 Å². The Kier molecular flexibility index (Phi) is 6.62. The van der Waals surface area contributed by atoms with Gasteiger partial charge in [-0.1, -0.05) is 31.5 Å². The number of carbonyl (C=O) groups excluding carboxylic acids is 1. The number of nitrogens with one attached hydrogen (secondary N) is 1. The van der Waals surface area contributed by atoms with Crippen molar-refractivity contribution in [1.82, 2.24) is 20.1 Å². The second kappa shape index (κ2) is 9.20. The van der Waals surface area contributed by atoms with E-state index in [0.717, 1.165) is 17.8 Å². The van der Waals surface area contributed by atoms with Crippen molar-refractivity contribution in [3.05, 3.63) is 71.2 Å². The number of carbonyl (C=O) groups is 1. The Balaban J connectivity index is 1.69. The normalized spacial score (nSPS) is 11.6. The van der Waals surface area contributed by atoms with Gasteiger partial charge < -0.3 is 10.1 Å². The quantitative estimate of drug-likeness (QED) is 0.557. The first-order valence-electron chi connectivity index (χ1n) is 9.76. The fraction of sp³-hybridized carbons (Fsp3) is 0.318. The summed E-state index contributed by atoms with van der Waals surface area (Å²) in [5, 5.41) is 6.97. The molecular weight excluding hydrogens is 409 g/mol. The molecule has 0 fully saturated rings. The van der Waals surface area contributed by atoms with Gasteiger partial charge in [0.05, 0.1) is 29.6 Å². The summed E-state index contributed by atoms with van der Waals surface area (Å²) in [6.07, 6.45) is -2.32. The molecule has 2 heterocycles. The Bertz CT molecular complexity index is 1030. The molecule has 0 saturated heterocycles. The standard InChI is InChI=1S/C22H23F3N4O2/c1-14(2)20-18(21(30)26-10-11-31-17-7-4-15(3)5-8-17)13-28-29(20)19-9-6-16(12-27-19)22(23,24)25/h4-9,12-14H,10-11H2,1-3H3,(H,26,30). The smallest absolute Gasteiger partial charge is 0.417 e. The molecule has 31 heavy (non-hydrogen) atoms. The number of halogens is 3. The molecule has 0 saturated carbocycles. The van der Waals surface area contributed by atoms with Gasteiger partial charge in [0.25, 0.3) is 5.91 Å². The van der Waals surface area contributed by atoms with Crippen LogP contribution in [0.3, 0.4) is 0 Å². The van der Waals surface area contributed by atoms with E-state index < -0.39 is 11.7 Å². The molecule has 0 atom stereocenters. The Labute approximate surface area is 178 Å². The lowest BCUT2D eigenvalue weighted by molar-refractivity contribution is -0.137. The van der Waals surface area contributed by atoms with Gasteiger partial charge in [0.1, 0.15) is 12.4 Å². The molecule has 1 amide bonds. The number of aromatic nitrogens is 3. The minimum absolute atomic E-state index is 0.115. The molecule has 2 aromatic heterocycles. The Hall–Kier alpha value is -3.36. The molecule has 0 aliphatic heterocycles. The molecule has 1 N–H and O–H groups in total. The molecule has 3 rings (SSSR count). The van der Waals surface area contributed by atoms with E-state index in [-0.39, 0.29) is 24.2 Å². The highest BCUT2D eigenvalue weighted by atomic mass is 19.4. The Morgan fingerprint density at radius 1 is 1.13 bits per heavy atom. The summed E-state index contributed by atoms with van der Waals surface area (Å²) in [5.74, 6) is 0.466. The molecule has 0 aliphatic rings. The fourth-order valence-electron chi connectivity index (χ4n) is 3.01. The van der Waals surface area contributed by atoms with E-state index in [2.05, 4.69) is 15.4 Å². The zero-order valence-corrected chi connectivity index (χ0v) is 17.4. The molecular formula is C22H23F3N4O2. The number of pyridine rings is 1. The minimum atomic E-state index is -4.47. The van der Waals surface area contributed by atoms with Crippen LogP contribution in [0.2, 0.25) is 0 Å². The number of aryl methyl sites for hydroxylation is 1. The highest BCUT2D eigenvalue weighted by molar-refractivity contribution is 5.95. The first-order chi connectivity index (χ1) is 14.7. The predicted octanol–water partition coefficient (Wildman–Crippen LogP) is 4.53. The first kappa shape index (κ1) is 22.3. The van der Waals surface area contributed by atoms with Crippen molar-refractivity contribution in [2.24, 2.45) is 0 Å². The average molecular weight is 432 g/mol. The summed E-state index contributed by atoms with van der Waals surface area (Å²) in [5.41, 5.74) is 1.18. The molecule has 6 nitrogen and oxygen atoms in total. The van der Waals surface area contributed by atoms with Crippen molar-refractivity contribution in [3.8, 4) is 11.6 Å².